The van der Waals surface area contributed by atoms with Gasteiger partial charge in [0.05, 0.1) is 6.26 Å². The Labute approximate surface area is 154 Å². The lowest BCUT2D eigenvalue weighted by molar-refractivity contribution is -0.123. The molecule has 0 bridgehead atoms. The fraction of sp³-hybridized carbons (Fsp3) is 0.316. The number of carbonyl (C=O) groups is 1. The Kier molecular flexibility index (Phi) is 7.17. The Hall–Kier alpha value is -2.38. The van der Waals surface area contributed by atoms with E-state index in [0.29, 0.717) is 18.8 Å². The number of ether oxygens (including phenoxy) is 1. The van der Waals surface area contributed by atoms with Crippen LogP contribution in [0.3, 0.4) is 0 Å². The van der Waals surface area contributed by atoms with Crippen LogP contribution in [-0.4, -0.2) is 45.1 Å². The predicted molar refractivity (Wildman–Crippen MR) is 101 cm³/mol. The van der Waals surface area contributed by atoms with Gasteiger partial charge in [0.1, 0.15) is 5.75 Å². The van der Waals surface area contributed by atoms with E-state index < -0.39 is 10.0 Å². The molecular weight excluding hydrogens is 352 g/mol. The lowest BCUT2D eigenvalue weighted by Crippen LogP contribution is -2.30. The lowest BCUT2D eigenvalue weighted by Gasteiger charge is -2.14. The Morgan fingerprint density at radius 3 is 2.31 bits per heavy atom. The van der Waals surface area contributed by atoms with E-state index in [1.165, 1.54) is 23.2 Å². The molecule has 0 spiro atoms. The van der Waals surface area contributed by atoms with Crippen LogP contribution in [0, 0.1) is 0 Å². The van der Waals surface area contributed by atoms with Gasteiger partial charge in [-0.3, -0.25) is 4.79 Å². The number of hydrogen-bond donors (Lipinski definition) is 1. The van der Waals surface area contributed by atoms with Crippen molar-refractivity contribution in [2.75, 3.05) is 26.5 Å². The highest BCUT2D eigenvalue weighted by Gasteiger charge is 2.11. The first-order valence-corrected chi connectivity index (χ1v) is 10.1. The zero-order valence-electron chi connectivity index (χ0n) is 15.0. The highest BCUT2D eigenvalue weighted by atomic mass is 32.2. The molecule has 6 nitrogen and oxygen atoms in total. The zero-order chi connectivity index (χ0) is 19.0. The van der Waals surface area contributed by atoms with E-state index in [-0.39, 0.29) is 12.5 Å². The maximum atomic E-state index is 11.8. The summed E-state index contributed by atoms with van der Waals surface area (Å²) in [6.45, 7) is 0.791. The lowest BCUT2D eigenvalue weighted by atomic mass is 10.1. The second-order valence-electron chi connectivity index (χ2n) is 6.04. The molecular formula is C19H24N2O4S. The molecule has 1 amide bonds. The summed E-state index contributed by atoms with van der Waals surface area (Å²) in [5, 5.41) is 2.82. The highest BCUT2D eigenvalue weighted by molar-refractivity contribution is 7.88. The van der Waals surface area contributed by atoms with Crippen LogP contribution in [0.1, 0.15) is 11.1 Å². The van der Waals surface area contributed by atoms with Crippen LogP contribution in [0.25, 0.3) is 0 Å². The van der Waals surface area contributed by atoms with Crippen LogP contribution in [0.4, 0.5) is 0 Å². The molecule has 26 heavy (non-hydrogen) atoms. The quantitative estimate of drug-likeness (QED) is 0.724. The fourth-order valence-electron chi connectivity index (χ4n) is 2.26. The molecule has 0 unspecified atom stereocenters. The van der Waals surface area contributed by atoms with Crippen molar-refractivity contribution in [1.29, 1.82) is 0 Å². The molecule has 2 aromatic carbocycles. The van der Waals surface area contributed by atoms with Gasteiger partial charge in [-0.15, -0.1) is 0 Å². The van der Waals surface area contributed by atoms with E-state index in [1.54, 1.807) is 24.3 Å². The third-order valence-electron chi connectivity index (χ3n) is 3.84. The number of nitrogens with one attached hydrogen (secondary N) is 1. The standard InChI is InChI=1S/C19H24N2O4S/c1-21(26(2,23)24)14-17-8-10-18(11-9-17)25-15-19(22)20-13-12-16-6-4-3-5-7-16/h3-11H,12-15H2,1-2H3,(H,20,22). The number of amides is 1. The minimum absolute atomic E-state index is 0.0582. The second kappa shape index (κ2) is 9.35. The number of benzene rings is 2. The highest BCUT2D eigenvalue weighted by Crippen LogP contribution is 2.14. The largest absolute Gasteiger partial charge is 0.484 e. The molecule has 0 saturated heterocycles. The molecule has 0 heterocycles. The molecule has 0 fully saturated rings. The molecule has 0 radical (unpaired) electrons. The van der Waals surface area contributed by atoms with Crippen LogP contribution in [-0.2, 0) is 27.8 Å². The monoisotopic (exact) mass is 376 g/mol. The van der Waals surface area contributed by atoms with Crippen molar-refractivity contribution in [2.45, 2.75) is 13.0 Å². The van der Waals surface area contributed by atoms with E-state index in [2.05, 4.69) is 5.32 Å². The molecule has 0 aliphatic carbocycles. The van der Waals surface area contributed by atoms with Gasteiger partial charge in [0, 0.05) is 20.1 Å². The van der Waals surface area contributed by atoms with E-state index in [4.69, 9.17) is 4.74 Å². The maximum absolute atomic E-state index is 11.8. The smallest absolute Gasteiger partial charge is 0.257 e. The summed E-state index contributed by atoms with van der Waals surface area (Å²) in [7, 11) is -1.69. The van der Waals surface area contributed by atoms with Gasteiger partial charge in [-0.1, -0.05) is 42.5 Å². The molecule has 7 heteroatoms. The van der Waals surface area contributed by atoms with Crippen LogP contribution in [0.5, 0.6) is 5.75 Å². The summed E-state index contributed by atoms with van der Waals surface area (Å²) in [5.74, 6) is 0.385. The minimum atomic E-state index is -3.21. The van der Waals surface area contributed by atoms with Gasteiger partial charge >= 0.3 is 0 Å². The summed E-state index contributed by atoms with van der Waals surface area (Å²) in [4.78, 5) is 11.8. The van der Waals surface area contributed by atoms with Crippen LogP contribution >= 0.6 is 0 Å². The van der Waals surface area contributed by atoms with E-state index >= 15 is 0 Å². The first-order chi connectivity index (χ1) is 12.3. The van der Waals surface area contributed by atoms with Gasteiger partial charge in [0.15, 0.2) is 6.61 Å². The molecule has 0 saturated carbocycles. The zero-order valence-corrected chi connectivity index (χ0v) is 15.8. The Morgan fingerprint density at radius 1 is 1.04 bits per heavy atom. The van der Waals surface area contributed by atoms with Crippen molar-refractivity contribution < 1.29 is 17.9 Å². The molecule has 0 aromatic heterocycles. The summed E-state index contributed by atoms with van der Waals surface area (Å²) >= 11 is 0. The second-order valence-corrected chi connectivity index (χ2v) is 8.13. The van der Waals surface area contributed by atoms with Crippen molar-refractivity contribution in [3.8, 4) is 5.75 Å². The SMILES string of the molecule is CN(Cc1ccc(OCC(=O)NCCc2ccccc2)cc1)S(C)(=O)=O. The number of sulfonamides is 1. The molecule has 2 rings (SSSR count). The molecule has 0 aliphatic heterocycles. The molecule has 140 valence electrons. The van der Waals surface area contributed by atoms with Crippen molar-refractivity contribution in [3.05, 3.63) is 65.7 Å². The average Bonchev–Trinajstić information content (AvgIpc) is 2.61. The van der Waals surface area contributed by atoms with Crippen molar-refractivity contribution in [3.63, 3.8) is 0 Å². The van der Waals surface area contributed by atoms with Gasteiger partial charge in [-0.25, -0.2) is 12.7 Å². The van der Waals surface area contributed by atoms with E-state index in [0.717, 1.165) is 12.0 Å². The maximum Gasteiger partial charge on any atom is 0.257 e. The molecule has 0 atom stereocenters. The van der Waals surface area contributed by atoms with Gasteiger partial charge in [-0.05, 0) is 29.7 Å². The Morgan fingerprint density at radius 2 is 1.69 bits per heavy atom. The van der Waals surface area contributed by atoms with Gasteiger partial charge < -0.3 is 10.1 Å². The first-order valence-electron chi connectivity index (χ1n) is 8.28. The van der Waals surface area contributed by atoms with E-state index in [9.17, 15) is 13.2 Å². The normalized spacial score (nSPS) is 11.3. The number of carbonyl (C=O) groups excluding carboxylic acids is 1. The van der Waals surface area contributed by atoms with Crippen molar-refractivity contribution >= 4 is 15.9 Å². The van der Waals surface area contributed by atoms with Crippen LogP contribution < -0.4 is 10.1 Å². The third-order valence-corrected chi connectivity index (χ3v) is 5.10. The van der Waals surface area contributed by atoms with Crippen LogP contribution in [0.2, 0.25) is 0 Å². The van der Waals surface area contributed by atoms with Crippen molar-refractivity contribution in [2.24, 2.45) is 0 Å². The fourth-order valence-corrected chi connectivity index (χ4v) is 2.64. The topological polar surface area (TPSA) is 75.7 Å². The Balaban J connectivity index is 1.72. The minimum Gasteiger partial charge on any atom is -0.484 e. The third kappa shape index (κ3) is 6.85. The number of rotatable bonds is 9. The summed E-state index contributed by atoms with van der Waals surface area (Å²) in [5.41, 5.74) is 2.01. The van der Waals surface area contributed by atoms with E-state index in [1.807, 2.05) is 30.3 Å². The van der Waals surface area contributed by atoms with Gasteiger partial charge in [0.2, 0.25) is 10.0 Å². The number of nitrogens with zero attached hydrogens (tertiary/aromatic N) is 1. The van der Waals surface area contributed by atoms with Gasteiger partial charge in [-0.2, -0.15) is 0 Å². The van der Waals surface area contributed by atoms with Crippen LogP contribution in [0.15, 0.2) is 54.6 Å². The average molecular weight is 376 g/mol. The predicted octanol–water partition coefficient (Wildman–Crippen LogP) is 1.82. The molecule has 2 aromatic rings. The number of hydrogen-bond acceptors (Lipinski definition) is 4. The first kappa shape index (κ1) is 19.9. The molecule has 1 N–H and O–H groups in total. The summed E-state index contributed by atoms with van der Waals surface area (Å²) in [6, 6.07) is 17.0. The summed E-state index contributed by atoms with van der Waals surface area (Å²) < 4.78 is 29.5. The summed E-state index contributed by atoms with van der Waals surface area (Å²) in [6.07, 6.45) is 1.94. The van der Waals surface area contributed by atoms with Crippen molar-refractivity contribution in [1.82, 2.24) is 9.62 Å². The Bertz CT molecular complexity index is 805. The molecule has 0 aliphatic rings. The van der Waals surface area contributed by atoms with Gasteiger partial charge in [0.25, 0.3) is 5.91 Å².